The first-order valence-electron chi connectivity index (χ1n) is 5.75. The van der Waals surface area contributed by atoms with Crippen molar-refractivity contribution in [3.8, 4) is 5.69 Å². The number of aromatic nitrogens is 1. The van der Waals surface area contributed by atoms with Crippen LogP contribution in [0, 0.1) is 11.6 Å². The van der Waals surface area contributed by atoms with Crippen molar-refractivity contribution in [1.29, 1.82) is 0 Å². The summed E-state index contributed by atoms with van der Waals surface area (Å²) in [6.07, 6.45) is 1.29. The van der Waals surface area contributed by atoms with Gasteiger partial charge in [0, 0.05) is 6.20 Å². The molecule has 0 spiro atoms. The fraction of sp³-hybridized carbons (Fsp3) is 0.154. The standard InChI is InChI=1S/C13H11BrF2N2O2/c1-2-20-13(19)12-8(15)5-6-18(12)9-4-3-7(14)10(16)11(9)17/h3-6H,2,17H2,1H3. The molecule has 2 aromatic rings. The van der Waals surface area contributed by atoms with E-state index in [0.717, 1.165) is 10.6 Å². The van der Waals surface area contributed by atoms with Crippen molar-refractivity contribution >= 4 is 27.6 Å². The van der Waals surface area contributed by atoms with E-state index in [1.165, 1.54) is 18.3 Å². The van der Waals surface area contributed by atoms with E-state index in [9.17, 15) is 13.6 Å². The van der Waals surface area contributed by atoms with Gasteiger partial charge in [-0.05, 0) is 41.1 Å². The fourth-order valence-electron chi connectivity index (χ4n) is 1.77. The summed E-state index contributed by atoms with van der Waals surface area (Å²) in [5.74, 6) is -2.27. The Morgan fingerprint density at radius 1 is 1.40 bits per heavy atom. The monoisotopic (exact) mass is 344 g/mol. The van der Waals surface area contributed by atoms with Crippen molar-refractivity contribution in [3.63, 3.8) is 0 Å². The number of carbonyl (C=O) groups excluding carboxylic acids is 1. The van der Waals surface area contributed by atoms with Gasteiger partial charge in [0.2, 0.25) is 0 Å². The van der Waals surface area contributed by atoms with Crippen LogP contribution in [0.1, 0.15) is 17.4 Å². The number of nitrogen functional groups attached to an aromatic ring is 1. The van der Waals surface area contributed by atoms with Gasteiger partial charge in [0.15, 0.2) is 17.3 Å². The maximum Gasteiger partial charge on any atom is 0.358 e. The number of nitrogens with two attached hydrogens (primary N) is 1. The van der Waals surface area contributed by atoms with Gasteiger partial charge in [0.05, 0.1) is 22.5 Å². The molecule has 106 valence electrons. The fourth-order valence-corrected chi connectivity index (χ4v) is 2.12. The Kier molecular flexibility index (Phi) is 4.08. The van der Waals surface area contributed by atoms with Crippen LogP contribution in [-0.2, 0) is 4.74 Å². The van der Waals surface area contributed by atoms with E-state index in [1.54, 1.807) is 6.92 Å². The second-order valence-electron chi connectivity index (χ2n) is 3.90. The van der Waals surface area contributed by atoms with Gasteiger partial charge in [-0.15, -0.1) is 0 Å². The van der Waals surface area contributed by atoms with Gasteiger partial charge in [-0.25, -0.2) is 13.6 Å². The summed E-state index contributed by atoms with van der Waals surface area (Å²) in [6.45, 7) is 1.71. The number of carbonyl (C=O) groups is 1. The van der Waals surface area contributed by atoms with E-state index in [4.69, 9.17) is 10.5 Å². The lowest BCUT2D eigenvalue weighted by Crippen LogP contribution is -2.13. The third kappa shape index (κ3) is 2.40. The molecule has 0 saturated heterocycles. The van der Waals surface area contributed by atoms with Crippen LogP contribution in [0.5, 0.6) is 0 Å². The van der Waals surface area contributed by atoms with E-state index in [-0.39, 0.29) is 28.1 Å². The number of anilines is 1. The topological polar surface area (TPSA) is 57.2 Å². The number of hydrogen-bond donors (Lipinski definition) is 1. The summed E-state index contributed by atoms with van der Waals surface area (Å²) >= 11 is 3.00. The number of rotatable bonds is 3. The van der Waals surface area contributed by atoms with Crippen LogP contribution in [-0.4, -0.2) is 17.1 Å². The second-order valence-corrected chi connectivity index (χ2v) is 4.75. The maximum absolute atomic E-state index is 13.8. The van der Waals surface area contributed by atoms with Crippen molar-refractivity contribution in [2.45, 2.75) is 6.92 Å². The Labute approximate surface area is 122 Å². The SMILES string of the molecule is CCOC(=O)c1c(F)ccn1-c1ccc(Br)c(F)c1N. The predicted octanol–water partition coefficient (Wildman–Crippen LogP) is 3.28. The summed E-state index contributed by atoms with van der Waals surface area (Å²) in [7, 11) is 0. The van der Waals surface area contributed by atoms with Crippen LogP contribution in [0.2, 0.25) is 0 Å². The normalized spacial score (nSPS) is 10.6. The molecule has 0 fully saturated rings. The molecule has 0 radical (unpaired) electrons. The summed E-state index contributed by atoms with van der Waals surface area (Å²) in [4.78, 5) is 11.8. The molecular weight excluding hydrogens is 334 g/mol. The molecule has 0 aliphatic carbocycles. The quantitative estimate of drug-likeness (QED) is 0.686. The first kappa shape index (κ1) is 14.5. The Morgan fingerprint density at radius 2 is 2.10 bits per heavy atom. The highest BCUT2D eigenvalue weighted by molar-refractivity contribution is 9.10. The van der Waals surface area contributed by atoms with Gasteiger partial charge < -0.3 is 15.0 Å². The Hall–Kier alpha value is -1.89. The average Bonchev–Trinajstić information content (AvgIpc) is 2.78. The zero-order chi connectivity index (χ0) is 14.9. The highest BCUT2D eigenvalue weighted by atomic mass is 79.9. The first-order chi connectivity index (χ1) is 9.47. The van der Waals surface area contributed by atoms with Crippen molar-refractivity contribution in [3.05, 3.63) is 46.2 Å². The van der Waals surface area contributed by atoms with Crippen LogP contribution < -0.4 is 5.73 Å². The molecule has 0 saturated carbocycles. The number of benzene rings is 1. The molecule has 4 nitrogen and oxygen atoms in total. The summed E-state index contributed by atoms with van der Waals surface area (Å²) < 4.78 is 33.6. The predicted molar refractivity (Wildman–Crippen MR) is 73.8 cm³/mol. The number of ether oxygens (including phenoxy) is 1. The summed E-state index contributed by atoms with van der Waals surface area (Å²) in [5.41, 5.74) is 5.32. The Morgan fingerprint density at radius 3 is 2.75 bits per heavy atom. The molecule has 20 heavy (non-hydrogen) atoms. The molecule has 1 aromatic carbocycles. The minimum atomic E-state index is -0.835. The van der Waals surface area contributed by atoms with Gasteiger partial charge >= 0.3 is 5.97 Å². The second kappa shape index (κ2) is 5.62. The maximum atomic E-state index is 13.8. The minimum absolute atomic E-state index is 0.105. The third-order valence-electron chi connectivity index (χ3n) is 2.68. The van der Waals surface area contributed by atoms with Gasteiger partial charge in [0.1, 0.15) is 0 Å². The van der Waals surface area contributed by atoms with Gasteiger partial charge in [-0.2, -0.15) is 0 Å². The van der Waals surface area contributed by atoms with Crippen LogP contribution in [0.15, 0.2) is 28.9 Å². The molecule has 0 aliphatic rings. The molecule has 0 amide bonds. The molecule has 0 bridgehead atoms. The summed E-state index contributed by atoms with van der Waals surface area (Å²) in [5, 5.41) is 0. The molecule has 2 rings (SSSR count). The largest absolute Gasteiger partial charge is 0.461 e. The molecule has 7 heteroatoms. The number of esters is 1. The molecule has 1 aromatic heterocycles. The van der Waals surface area contributed by atoms with E-state index < -0.39 is 17.6 Å². The lowest BCUT2D eigenvalue weighted by atomic mass is 10.2. The van der Waals surface area contributed by atoms with E-state index >= 15 is 0 Å². The molecule has 1 heterocycles. The van der Waals surface area contributed by atoms with Crippen LogP contribution in [0.3, 0.4) is 0 Å². The minimum Gasteiger partial charge on any atom is -0.461 e. The molecule has 0 aliphatic heterocycles. The number of nitrogens with zero attached hydrogens (tertiary/aromatic N) is 1. The molecule has 0 unspecified atom stereocenters. The smallest absolute Gasteiger partial charge is 0.358 e. The van der Waals surface area contributed by atoms with E-state index in [0.29, 0.717) is 0 Å². The Balaban J connectivity index is 2.60. The molecule has 0 atom stereocenters. The van der Waals surface area contributed by atoms with Gasteiger partial charge in [0.25, 0.3) is 0 Å². The average molecular weight is 345 g/mol. The lowest BCUT2D eigenvalue weighted by Gasteiger charge is -2.12. The van der Waals surface area contributed by atoms with E-state index in [1.807, 2.05) is 0 Å². The number of hydrogen-bond acceptors (Lipinski definition) is 3. The zero-order valence-corrected chi connectivity index (χ0v) is 12.1. The molecular formula is C13H11BrF2N2O2. The zero-order valence-electron chi connectivity index (χ0n) is 10.5. The first-order valence-corrected chi connectivity index (χ1v) is 6.54. The van der Waals surface area contributed by atoms with Crippen molar-refractivity contribution < 1.29 is 18.3 Å². The highest BCUT2D eigenvalue weighted by Crippen LogP contribution is 2.29. The summed E-state index contributed by atoms with van der Waals surface area (Å²) in [6, 6.07) is 3.99. The van der Waals surface area contributed by atoms with Gasteiger partial charge in [-0.3, -0.25) is 0 Å². The van der Waals surface area contributed by atoms with Crippen LogP contribution >= 0.6 is 15.9 Å². The van der Waals surface area contributed by atoms with Crippen molar-refractivity contribution in [1.82, 2.24) is 4.57 Å². The van der Waals surface area contributed by atoms with Crippen LogP contribution in [0.25, 0.3) is 5.69 Å². The number of halogens is 3. The Bertz CT molecular complexity index is 671. The van der Waals surface area contributed by atoms with Gasteiger partial charge in [-0.1, -0.05) is 0 Å². The molecule has 2 N–H and O–H groups in total. The van der Waals surface area contributed by atoms with Crippen LogP contribution in [0.4, 0.5) is 14.5 Å². The lowest BCUT2D eigenvalue weighted by molar-refractivity contribution is 0.0511. The van der Waals surface area contributed by atoms with Crippen molar-refractivity contribution in [2.24, 2.45) is 0 Å². The third-order valence-corrected chi connectivity index (χ3v) is 3.29. The van der Waals surface area contributed by atoms with Crippen molar-refractivity contribution in [2.75, 3.05) is 12.3 Å². The van der Waals surface area contributed by atoms with E-state index in [2.05, 4.69) is 15.9 Å². The highest BCUT2D eigenvalue weighted by Gasteiger charge is 2.22.